The fourth-order valence-electron chi connectivity index (χ4n) is 1.88. The molecule has 0 bridgehead atoms. The van der Waals surface area contributed by atoms with Crippen molar-refractivity contribution in [3.05, 3.63) is 29.2 Å². The minimum Gasteiger partial charge on any atom is -0.461 e. The molecule has 118 valence electrons. The molecule has 2 rings (SSSR count). The first-order valence-corrected chi connectivity index (χ1v) is 6.62. The summed E-state index contributed by atoms with van der Waals surface area (Å²) in [5, 5.41) is 3.94. The summed E-state index contributed by atoms with van der Waals surface area (Å²) < 4.78 is 35.5. The second-order valence-corrected chi connectivity index (χ2v) is 4.48. The maximum Gasteiger partial charge on any atom is 0.387 e. The number of halogens is 3. The van der Waals surface area contributed by atoms with Gasteiger partial charge in [0, 0.05) is 19.4 Å². The summed E-state index contributed by atoms with van der Waals surface area (Å²) in [6, 6.07) is 1.27. The minimum absolute atomic E-state index is 0.0203. The Labute approximate surface area is 129 Å². The van der Waals surface area contributed by atoms with Crippen LogP contribution >= 0.6 is 11.6 Å². The average Bonchev–Trinajstić information content (AvgIpc) is 2.75. The number of carbonyl (C=O) groups is 1. The molecule has 0 saturated heterocycles. The highest BCUT2D eigenvalue weighted by Crippen LogP contribution is 2.36. The summed E-state index contributed by atoms with van der Waals surface area (Å²) in [5.41, 5.74) is 0.319. The predicted molar refractivity (Wildman–Crippen MR) is 74.0 cm³/mol. The Morgan fingerprint density at radius 1 is 1.50 bits per heavy atom. The van der Waals surface area contributed by atoms with Gasteiger partial charge in [0.15, 0.2) is 5.69 Å². The lowest BCUT2D eigenvalue weighted by molar-refractivity contribution is -0.0495. The van der Waals surface area contributed by atoms with Crippen LogP contribution in [0.4, 0.5) is 8.78 Å². The number of alkyl halides is 2. The molecule has 0 aliphatic rings. The molecular weight excluding hydrogens is 320 g/mol. The molecule has 0 atom stereocenters. The second kappa shape index (κ2) is 6.69. The molecule has 0 aliphatic carbocycles. The standard InChI is InChI=1S/C13H12ClF2N3O3/c1-3-21-12(20)10-9(14)11(19(2)18-10)7-6-17-5-4-8(7)22-13(15)16/h4-6,13H,3H2,1-2H3. The average molecular weight is 332 g/mol. The Kier molecular flexibility index (Phi) is 4.92. The van der Waals surface area contributed by atoms with Gasteiger partial charge in [0.05, 0.1) is 17.9 Å². The normalized spacial score (nSPS) is 10.8. The quantitative estimate of drug-likeness (QED) is 0.788. The van der Waals surface area contributed by atoms with Gasteiger partial charge >= 0.3 is 12.6 Å². The van der Waals surface area contributed by atoms with Crippen LogP contribution in [-0.2, 0) is 11.8 Å². The lowest BCUT2D eigenvalue weighted by atomic mass is 10.2. The molecular formula is C13H12ClF2N3O3. The zero-order valence-corrected chi connectivity index (χ0v) is 12.5. The zero-order chi connectivity index (χ0) is 16.3. The molecule has 9 heteroatoms. The molecule has 0 fully saturated rings. The Morgan fingerprint density at radius 2 is 2.23 bits per heavy atom. The third-order valence-corrected chi connectivity index (χ3v) is 3.07. The summed E-state index contributed by atoms with van der Waals surface area (Å²) >= 11 is 6.15. The van der Waals surface area contributed by atoms with Crippen molar-refractivity contribution in [1.29, 1.82) is 0 Å². The van der Waals surface area contributed by atoms with Crippen molar-refractivity contribution >= 4 is 17.6 Å². The second-order valence-electron chi connectivity index (χ2n) is 4.11. The van der Waals surface area contributed by atoms with E-state index < -0.39 is 12.6 Å². The molecule has 0 spiro atoms. The van der Waals surface area contributed by atoms with Crippen LogP contribution in [0, 0.1) is 0 Å². The first-order chi connectivity index (χ1) is 10.5. The van der Waals surface area contributed by atoms with Crippen molar-refractivity contribution < 1.29 is 23.0 Å². The Morgan fingerprint density at radius 3 is 2.86 bits per heavy atom. The van der Waals surface area contributed by atoms with Gasteiger partial charge in [0.25, 0.3) is 0 Å². The van der Waals surface area contributed by atoms with E-state index in [-0.39, 0.29) is 34.3 Å². The Hall–Kier alpha value is -2.22. The highest BCUT2D eigenvalue weighted by Gasteiger charge is 2.25. The maximum absolute atomic E-state index is 12.5. The van der Waals surface area contributed by atoms with E-state index in [0.717, 1.165) is 0 Å². The van der Waals surface area contributed by atoms with E-state index in [0.29, 0.717) is 0 Å². The van der Waals surface area contributed by atoms with Gasteiger partial charge in [-0.15, -0.1) is 0 Å². The first-order valence-electron chi connectivity index (χ1n) is 6.24. The van der Waals surface area contributed by atoms with Crippen LogP contribution in [0.3, 0.4) is 0 Å². The predicted octanol–water partition coefficient (Wildman–Crippen LogP) is 2.91. The number of esters is 1. The summed E-state index contributed by atoms with van der Waals surface area (Å²) in [7, 11) is 1.52. The SMILES string of the molecule is CCOC(=O)c1nn(C)c(-c2cnccc2OC(F)F)c1Cl. The molecule has 0 aromatic carbocycles. The van der Waals surface area contributed by atoms with Gasteiger partial charge in [-0.05, 0) is 13.0 Å². The van der Waals surface area contributed by atoms with Gasteiger partial charge in [-0.25, -0.2) is 4.79 Å². The van der Waals surface area contributed by atoms with E-state index in [9.17, 15) is 13.6 Å². The summed E-state index contributed by atoms with van der Waals surface area (Å²) in [4.78, 5) is 15.6. The molecule has 0 N–H and O–H groups in total. The van der Waals surface area contributed by atoms with Gasteiger partial charge in [0.2, 0.25) is 0 Å². The molecule has 22 heavy (non-hydrogen) atoms. The van der Waals surface area contributed by atoms with Crippen LogP contribution < -0.4 is 4.74 Å². The van der Waals surface area contributed by atoms with Crippen molar-refractivity contribution in [3.8, 4) is 17.0 Å². The minimum atomic E-state index is -3.00. The van der Waals surface area contributed by atoms with Gasteiger partial charge in [-0.3, -0.25) is 9.67 Å². The zero-order valence-electron chi connectivity index (χ0n) is 11.7. The van der Waals surface area contributed by atoms with Crippen LogP contribution in [0.15, 0.2) is 18.5 Å². The number of hydrogen-bond donors (Lipinski definition) is 0. The van der Waals surface area contributed by atoms with Crippen molar-refractivity contribution in [2.45, 2.75) is 13.5 Å². The summed E-state index contributed by atoms with van der Waals surface area (Å²) in [5.74, 6) is -0.820. The monoisotopic (exact) mass is 331 g/mol. The van der Waals surface area contributed by atoms with E-state index in [1.165, 1.54) is 30.2 Å². The fraction of sp³-hybridized carbons (Fsp3) is 0.308. The van der Waals surface area contributed by atoms with E-state index in [2.05, 4.69) is 14.8 Å². The van der Waals surface area contributed by atoms with E-state index in [4.69, 9.17) is 16.3 Å². The van der Waals surface area contributed by atoms with Gasteiger partial charge in [-0.2, -0.15) is 13.9 Å². The first kappa shape index (κ1) is 16.2. The van der Waals surface area contributed by atoms with E-state index in [1.54, 1.807) is 6.92 Å². The lowest BCUT2D eigenvalue weighted by Gasteiger charge is -2.10. The topological polar surface area (TPSA) is 66.2 Å². The Bertz CT molecular complexity index is 691. The number of aryl methyl sites for hydroxylation is 1. The van der Waals surface area contributed by atoms with Crippen LogP contribution in [0.25, 0.3) is 11.3 Å². The molecule has 6 nitrogen and oxygen atoms in total. The molecule has 2 aromatic heterocycles. The number of hydrogen-bond acceptors (Lipinski definition) is 5. The highest BCUT2D eigenvalue weighted by molar-refractivity contribution is 6.35. The third kappa shape index (κ3) is 3.16. The van der Waals surface area contributed by atoms with Gasteiger partial charge in [-0.1, -0.05) is 11.6 Å². The Balaban J connectivity index is 2.52. The van der Waals surface area contributed by atoms with Crippen LogP contribution in [0.1, 0.15) is 17.4 Å². The molecule has 0 amide bonds. The largest absolute Gasteiger partial charge is 0.461 e. The highest BCUT2D eigenvalue weighted by atomic mass is 35.5. The van der Waals surface area contributed by atoms with Crippen LogP contribution in [-0.4, -0.2) is 34.0 Å². The molecule has 0 aliphatic heterocycles. The van der Waals surface area contributed by atoms with Gasteiger partial charge in [0.1, 0.15) is 10.8 Å². The number of pyridine rings is 1. The number of carbonyl (C=O) groups excluding carboxylic acids is 1. The van der Waals surface area contributed by atoms with Gasteiger partial charge < -0.3 is 9.47 Å². The number of ether oxygens (including phenoxy) is 2. The summed E-state index contributed by atoms with van der Waals surface area (Å²) in [6.45, 7) is -1.20. The summed E-state index contributed by atoms with van der Waals surface area (Å²) in [6.07, 6.45) is 2.60. The molecule has 2 aromatic rings. The molecule has 0 radical (unpaired) electrons. The van der Waals surface area contributed by atoms with Crippen molar-refractivity contribution in [1.82, 2.24) is 14.8 Å². The molecule has 2 heterocycles. The van der Waals surface area contributed by atoms with Crippen molar-refractivity contribution in [2.75, 3.05) is 6.61 Å². The smallest absolute Gasteiger partial charge is 0.387 e. The molecule has 0 saturated carbocycles. The fourth-order valence-corrected chi connectivity index (χ4v) is 2.22. The van der Waals surface area contributed by atoms with Crippen LogP contribution in [0.5, 0.6) is 5.75 Å². The molecule has 0 unspecified atom stereocenters. The number of aromatic nitrogens is 3. The van der Waals surface area contributed by atoms with Crippen molar-refractivity contribution in [2.24, 2.45) is 7.05 Å². The van der Waals surface area contributed by atoms with Crippen molar-refractivity contribution in [3.63, 3.8) is 0 Å². The number of nitrogens with zero attached hydrogens (tertiary/aromatic N) is 3. The maximum atomic E-state index is 12.5. The lowest BCUT2D eigenvalue weighted by Crippen LogP contribution is -2.06. The van der Waals surface area contributed by atoms with Crippen LogP contribution in [0.2, 0.25) is 5.02 Å². The van der Waals surface area contributed by atoms with E-state index in [1.807, 2.05) is 0 Å². The van der Waals surface area contributed by atoms with E-state index >= 15 is 0 Å². The number of rotatable bonds is 5. The third-order valence-electron chi connectivity index (χ3n) is 2.71.